The number of rotatable bonds is 9. The number of hydrogen-bond donors (Lipinski definition) is 4. The van der Waals surface area contributed by atoms with Crippen LogP contribution in [0.4, 0.5) is 5.69 Å². The molecule has 0 aliphatic carbocycles. The van der Waals surface area contributed by atoms with Gasteiger partial charge in [-0.15, -0.1) is 0 Å². The summed E-state index contributed by atoms with van der Waals surface area (Å²) in [6.07, 6.45) is -0.518. The Bertz CT molecular complexity index is 1170. The number of nitrogens with two attached hydrogens (primary N) is 2. The Morgan fingerprint density at radius 1 is 1.25 bits per heavy atom. The number of nitrogens with zero attached hydrogens (tertiary/aromatic N) is 2. The molecule has 1 amide bonds. The van der Waals surface area contributed by atoms with Gasteiger partial charge in [0.2, 0.25) is 11.9 Å². The number of guanidine groups is 1. The molecule has 0 fully saturated rings. The average Bonchev–Trinajstić information content (AvgIpc) is 2.69. The van der Waals surface area contributed by atoms with Crippen LogP contribution < -0.4 is 27.1 Å². The van der Waals surface area contributed by atoms with Gasteiger partial charge in [0.05, 0.1) is 11.6 Å². The summed E-state index contributed by atoms with van der Waals surface area (Å²) in [7, 11) is -4.14. The Hall–Kier alpha value is -3.25. The van der Waals surface area contributed by atoms with Crippen molar-refractivity contribution in [2.24, 2.45) is 16.6 Å². The van der Waals surface area contributed by atoms with Crippen LogP contribution in [-0.4, -0.2) is 37.5 Å². The number of carbonyl (C=O) groups is 1. The van der Waals surface area contributed by atoms with Crippen LogP contribution in [0.5, 0.6) is 0 Å². The first-order valence-electron chi connectivity index (χ1n) is 9.42. The van der Waals surface area contributed by atoms with Gasteiger partial charge < -0.3 is 26.2 Å². The molecule has 0 saturated carbocycles. The number of carbonyl (C=O) groups excluding carboxylic acids is 1. The number of amides is 1. The van der Waals surface area contributed by atoms with Crippen LogP contribution in [0.15, 0.2) is 45.2 Å². The highest BCUT2D eigenvalue weighted by atomic mass is 35.5. The van der Waals surface area contributed by atoms with Crippen LogP contribution >= 0.6 is 11.6 Å². The smallest absolute Gasteiger partial charge is 0.275 e. The molecular weight excluding hydrogens is 460 g/mol. The van der Waals surface area contributed by atoms with E-state index < -0.39 is 27.6 Å². The molecule has 0 saturated heterocycles. The molecular formula is C19H25ClN6O5S. The van der Waals surface area contributed by atoms with Gasteiger partial charge in [-0.2, -0.15) is 0 Å². The van der Waals surface area contributed by atoms with Crippen LogP contribution in [0.3, 0.4) is 0 Å². The minimum atomic E-state index is -4.14. The number of sulfonamides is 1. The molecule has 1 heterocycles. The summed E-state index contributed by atoms with van der Waals surface area (Å²) < 4.78 is 29.1. The molecule has 13 heteroatoms. The van der Waals surface area contributed by atoms with Crippen molar-refractivity contribution >= 4 is 39.2 Å². The highest BCUT2D eigenvalue weighted by Gasteiger charge is 2.22. The van der Waals surface area contributed by atoms with Crippen molar-refractivity contribution in [3.63, 3.8) is 0 Å². The first kappa shape index (κ1) is 25.0. The Kier molecular flexibility index (Phi) is 8.11. The maximum absolute atomic E-state index is 12.9. The van der Waals surface area contributed by atoms with Crippen molar-refractivity contribution in [3.05, 3.63) is 57.0 Å². The van der Waals surface area contributed by atoms with Crippen molar-refractivity contribution in [2.75, 3.05) is 11.3 Å². The second-order valence-corrected chi connectivity index (χ2v) is 9.03. The molecule has 174 valence electrons. The Balaban J connectivity index is 2.20. The van der Waals surface area contributed by atoms with E-state index in [1.165, 1.54) is 18.2 Å². The summed E-state index contributed by atoms with van der Waals surface area (Å²) in [6.45, 7) is 4.60. The Morgan fingerprint density at radius 2 is 1.94 bits per heavy atom. The van der Waals surface area contributed by atoms with E-state index >= 15 is 0 Å². The molecule has 6 N–H and O–H groups in total. The Morgan fingerprint density at radius 3 is 2.56 bits per heavy atom. The van der Waals surface area contributed by atoms with E-state index in [0.717, 1.165) is 4.57 Å². The monoisotopic (exact) mass is 484 g/mol. The standard InChI is InChI=1S/C19H25ClN6O5S/c1-11-5-4-6-14(20)17(11)32(29,30)25-15-8-7-12(2)26(18(15)28)10-16(27)23-9-13(3)31-24-19(21)22/h4-8,13,25H,9-10H2,1-3H3,(H,23,27)(H4,21,22,24). The minimum Gasteiger partial charge on any atom is -0.388 e. The highest BCUT2D eigenvalue weighted by Crippen LogP contribution is 2.26. The van der Waals surface area contributed by atoms with E-state index in [-0.39, 0.29) is 34.7 Å². The van der Waals surface area contributed by atoms with E-state index in [4.69, 9.17) is 27.9 Å². The second kappa shape index (κ2) is 10.4. The van der Waals surface area contributed by atoms with Crippen molar-refractivity contribution < 1.29 is 18.0 Å². The van der Waals surface area contributed by atoms with Crippen LogP contribution in [0.25, 0.3) is 0 Å². The third-order valence-corrected chi connectivity index (χ3v) is 6.29. The number of aryl methyl sites for hydroxylation is 2. The van der Waals surface area contributed by atoms with Crippen LogP contribution in [0.1, 0.15) is 18.2 Å². The lowest BCUT2D eigenvalue weighted by Crippen LogP contribution is -2.38. The van der Waals surface area contributed by atoms with Gasteiger partial charge in [0, 0.05) is 5.69 Å². The fourth-order valence-electron chi connectivity index (χ4n) is 2.74. The number of anilines is 1. The number of nitrogens with one attached hydrogen (secondary N) is 2. The van der Waals surface area contributed by atoms with Crippen molar-refractivity contribution in [1.82, 2.24) is 9.88 Å². The van der Waals surface area contributed by atoms with Gasteiger partial charge in [-0.05, 0) is 49.7 Å². The van der Waals surface area contributed by atoms with Crippen molar-refractivity contribution in [3.8, 4) is 0 Å². The zero-order valence-corrected chi connectivity index (χ0v) is 19.3. The predicted molar refractivity (Wildman–Crippen MR) is 122 cm³/mol. The number of halogens is 1. The lowest BCUT2D eigenvalue weighted by Gasteiger charge is -2.15. The predicted octanol–water partition coefficient (Wildman–Crippen LogP) is 0.629. The SMILES string of the molecule is Cc1cccc(Cl)c1S(=O)(=O)Nc1ccc(C)n(CC(=O)NCC(C)ON=C(N)N)c1=O. The van der Waals surface area contributed by atoms with E-state index in [0.29, 0.717) is 11.3 Å². The molecule has 1 atom stereocenters. The van der Waals surface area contributed by atoms with Gasteiger partial charge in [0.25, 0.3) is 15.6 Å². The molecule has 1 unspecified atom stereocenters. The van der Waals surface area contributed by atoms with Gasteiger partial charge in [0.15, 0.2) is 0 Å². The number of pyridine rings is 1. The molecule has 11 nitrogen and oxygen atoms in total. The number of oxime groups is 1. The largest absolute Gasteiger partial charge is 0.388 e. The molecule has 2 rings (SSSR count). The summed E-state index contributed by atoms with van der Waals surface area (Å²) >= 11 is 6.06. The molecule has 0 bridgehead atoms. The maximum atomic E-state index is 12.9. The first-order chi connectivity index (χ1) is 14.9. The third kappa shape index (κ3) is 6.37. The zero-order chi connectivity index (χ0) is 24.1. The van der Waals surface area contributed by atoms with Crippen LogP contribution in [0.2, 0.25) is 5.02 Å². The van der Waals surface area contributed by atoms with Gasteiger partial charge in [-0.25, -0.2) is 8.42 Å². The van der Waals surface area contributed by atoms with Crippen molar-refractivity contribution in [1.29, 1.82) is 0 Å². The van der Waals surface area contributed by atoms with E-state index in [9.17, 15) is 18.0 Å². The fourth-order valence-corrected chi connectivity index (χ4v) is 4.63. The molecule has 0 radical (unpaired) electrons. The topological polar surface area (TPSA) is 171 Å². The highest BCUT2D eigenvalue weighted by molar-refractivity contribution is 7.92. The van der Waals surface area contributed by atoms with E-state index in [2.05, 4.69) is 15.2 Å². The average molecular weight is 485 g/mol. The summed E-state index contributed by atoms with van der Waals surface area (Å²) in [5, 5.41) is 6.00. The quantitative estimate of drug-likeness (QED) is 0.229. The maximum Gasteiger partial charge on any atom is 0.275 e. The first-order valence-corrected chi connectivity index (χ1v) is 11.3. The number of hydrogen-bond acceptors (Lipinski definition) is 6. The third-order valence-electron chi connectivity index (χ3n) is 4.30. The molecule has 0 aliphatic rings. The molecule has 0 aliphatic heterocycles. The van der Waals surface area contributed by atoms with Gasteiger partial charge in [-0.1, -0.05) is 23.7 Å². The Labute approximate surface area is 190 Å². The van der Waals surface area contributed by atoms with Gasteiger partial charge >= 0.3 is 0 Å². The van der Waals surface area contributed by atoms with Crippen LogP contribution in [-0.2, 0) is 26.2 Å². The molecule has 1 aromatic heterocycles. The normalized spacial score (nSPS) is 12.0. The van der Waals surface area contributed by atoms with Gasteiger partial charge in [0.1, 0.15) is 23.2 Å². The molecule has 0 spiro atoms. The fraction of sp³-hybridized carbons (Fsp3) is 0.316. The summed E-state index contributed by atoms with van der Waals surface area (Å²) in [4.78, 5) is 30.0. The molecule has 32 heavy (non-hydrogen) atoms. The minimum absolute atomic E-state index is 0.0291. The van der Waals surface area contributed by atoms with E-state index in [1.807, 2.05) is 0 Å². The van der Waals surface area contributed by atoms with Crippen LogP contribution in [0, 0.1) is 13.8 Å². The van der Waals surface area contributed by atoms with Crippen molar-refractivity contribution in [2.45, 2.75) is 38.3 Å². The summed E-state index contributed by atoms with van der Waals surface area (Å²) in [5.74, 6) is -0.742. The second-order valence-electron chi connectivity index (χ2n) is 7.01. The lowest BCUT2D eigenvalue weighted by atomic mass is 10.2. The summed E-state index contributed by atoms with van der Waals surface area (Å²) in [5.41, 5.74) is 10.3. The number of benzene rings is 1. The zero-order valence-electron chi connectivity index (χ0n) is 17.8. The summed E-state index contributed by atoms with van der Waals surface area (Å²) in [6, 6.07) is 7.52. The van der Waals surface area contributed by atoms with E-state index in [1.54, 1.807) is 32.9 Å². The molecule has 2 aromatic rings. The lowest BCUT2D eigenvalue weighted by molar-refractivity contribution is -0.122. The molecule has 1 aromatic carbocycles. The van der Waals surface area contributed by atoms with Gasteiger partial charge in [-0.3, -0.25) is 14.3 Å². The number of aromatic nitrogens is 1.